The summed E-state index contributed by atoms with van der Waals surface area (Å²) in [5, 5.41) is 2.71. The highest BCUT2D eigenvalue weighted by molar-refractivity contribution is 8.15. The number of hydrogen-bond acceptors (Lipinski definition) is 4. The van der Waals surface area contributed by atoms with Gasteiger partial charge >= 0.3 is 0 Å². The SMILES string of the molecule is Cc1ccc(C)c(NC(=O)C[C@H]2SC(=Nc3ccc(F)c(Cl)c3)N(C)C2=O)c1. The quantitative estimate of drug-likeness (QED) is 0.782. The summed E-state index contributed by atoms with van der Waals surface area (Å²) in [5.74, 6) is -0.970. The Kier molecular flexibility index (Phi) is 6.05. The summed E-state index contributed by atoms with van der Waals surface area (Å²) in [6.45, 7) is 3.86. The molecule has 146 valence electrons. The van der Waals surface area contributed by atoms with E-state index in [0.717, 1.165) is 16.8 Å². The Labute approximate surface area is 172 Å². The number of nitrogens with zero attached hydrogens (tertiary/aromatic N) is 2. The first-order valence-electron chi connectivity index (χ1n) is 8.59. The van der Waals surface area contributed by atoms with E-state index in [2.05, 4.69) is 10.3 Å². The van der Waals surface area contributed by atoms with Gasteiger partial charge in [-0.1, -0.05) is 35.5 Å². The summed E-state index contributed by atoms with van der Waals surface area (Å²) >= 11 is 6.98. The summed E-state index contributed by atoms with van der Waals surface area (Å²) in [6, 6.07) is 9.90. The molecule has 0 radical (unpaired) electrons. The lowest BCUT2D eigenvalue weighted by Crippen LogP contribution is -2.30. The number of aryl methyl sites for hydroxylation is 2. The van der Waals surface area contributed by atoms with Crippen molar-refractivity contribution >= 4 is 51.7 Å². The van der Waals surface area contributed by atoms with Crippen LogP contribution in [0.2, 0.25) is 5.02 Å². The number of amides is 2. The molecular weight excluding hydrogens is 401 g/mol. The highest BCUT2D eigenvalue weighted by Crippen LogP contribution is 2.32. The third-order valence-electron chi connectivity index (χ3n) is 4.31. The number of nitrogens with one attached hydrogen (secondary N) is 1. The predicted molar refractivity (Wildman–Crippen MR) is 112 cm³/mol. The third kappa shape index (κ3) is 4.54. The number of amidine groups is 1. The number of halogens is 2. The molecule has 3 rings (SSSR count). The van der Waals surface area contributed by atoms with Crippen LogP contribution in [0.1, 0.15) is 17.5 Å². The fourth-order valence-corrected chi connectivity index (χ4v) is 4.03. The molecule has 0 spiro atoms. The molecule has 1 N–H and O–H groups in total. The topological polar surface area (TPSA) is 61.8 Å². The van der Waals surface area contributed by atoms with Crippen LogP contribution in [0.4, 0.5) is 15.8 Å². The maximum atomic E-state index is 13.3. The summed E-state index contributed by atoms with van der Waals surface area (Å²) in [5.41, 5.74) is 3.17. The standard InChI is InChI=1S/C20H19ClFN3O2S/c1-11-4-5-12(2)16(8-11)24-18(26)10-17-19(27)25(3)20(28-17)23-13-6-7-15(22)14(21)9-13/h4-9,17H,10H2,1-3H3,(H,24,26)/t17-/m1/s1. The number of benzene rings is 2. The number of carbonyl (C=O) groups is 2. The summed E-state index contributed by atoms with van der Waals surface area (Å²) in [7, 11) is 1.60. The third-order valence-corrected chi connectivity index (χ3v) is 5.82. The van der Waals surface area contributed by atoms with Crippen LogP contribution < -0.4 is 5.32 Å². The lowest BCUT2D eigenvalue weighted by atomic mass is 10.1. The van der Waals surface area contributed by atoms with Gasteiger partial charge in [-0.3, -0.25) is 14.5 Å². The summed E-state index contributed by atoms with van der Waals surface area (Å²) in [6.07, 6.45) is 0.0322. The maximum absolute atomic E-state index is 13.3. The van der Waals surface area contributed by atoms with Crippen LogP contribution in [0.3, 0.4) is 0 Å². The second-order valence-corrected chi connectivity index (χ2v) is 8.14. The molecule has 0 bridgehead atoms. The van der Waals surface area contributed by atoms with E-state index in [-0.39, 0.29) is 23.3 Å². The van der Waals surface area contributed by atoms with Crippen LogP contribution in [0.25, 0.3) is 0 Å². The molecule has 2 aromatic rings. The highest BCUT2D eigenvalue weighted by Gasteiger charge is 2.37. The molecule has 0 unspecified atom stereocenters. The largest absolute Gasteiger partial charge is 0.326 e. The minimum atomic E-state index is -0.565. The van der Waals surface area contributed by atoms with Crippen molar-refractivity contribution in [3.63, 3.8) is 0 Å². The smallest absolute Gasteiger partial charge is 0.242 e. The van der Waals surface area contributed by atoms with Crippen LogP contribution in [0.15, 0.2) is 41.4 Å². The van der Waals surface area contributed by atoms with Crippen molar-refractivity contribution in [3.05, 3.63) is 58.4 Å². The van der Waals surface area contributed by atoms with Gasteiger partial charge < -0.3 is 5.32 Å². The molecule has 1 aliphatic rings. The second-order valence-electron chi connectivity index (χ2n) is 6.57. The number of rotatable bonds is 4. The molecule has 1 fully saturated rings. The molecule has 1 atom stereocenters. The zero-order valence-electron chi connectivity index (χ0n) is 15.6. The Morgan fingerprint density at radius 3 is 2.75 bits per heavy atom. The Morgan fingerprint density at radius 1 is 1.29 bits per heavy atom. The summed E-state index contributed by atoms with van der Waals surface area (Å²) in [4.78, 5) is 30.7. The molecule has 1 saturated heterocycles. The monoisotopic (exact) mass is 419 g/mol. The average molecular weight is 420 g/mol. The van der Waals surface area contributed by atoms with Gasteiger partial charge in [-0.25, -0.2) is 9.38 Å². The van der Waals surface area contributed by atoms with E-state index in [4.69, 9.17) is 11.6 Å². The second kappa shape index (κ2) is 8.32. The number of thioether (sulfide) groups is 1. The number of carbonyl (C=O) groups excluding carboxylic acids is 2. The van der Waals surface area contributed by atoms with Crippen molar-refractivity contribution in [2.45, 2.75) is 25.5 Å². The number of aliphatic imine (C=N–C) groups is 1. The lowest BCUT2D eigenvalue weighted by Gasteiger charge is -2.11. The van der Waals surface area contributed by atoms with Crippen molar-refractivity contribution in [2.24, 2.45) is 4.99 Å². The van der Waals surface area contributed by atoms with Gasteiger partial charge in [-0.15, -0.1) is 0 Å². The van der Waals surface area contributed by atoms with E-state index in [1.165, 1.54) is 34.9 Å². The number of hydrogen-bond donors (Lipinski definition) is 1. The van der Waals surface area contributed by atoms with Crippen molar-refractivity contribution in [1.82, 2.24) is 4.90 Å². The molecule has 28 heavy (non-hydrogen) atoms. The van der Waals surface area contributed by atoms with Gasteiger partial charge in [0.1, 0.15) is 11.1 Å². The van der Waals surface area contributed by atoms with Crippen LogP contribution in [0, 0.1) is 19.7 Å². The molecule has 8 heteroatoms. The first-order valence-corrected chi connectivity index (χ1v) is 9.85. The maximum Gasteiger partial charge on any atom is 0.242 e. The molecular formula is C20H19ClFN3O2S. The molecule has 2 amide bonds. The van der Waals surface area contributed by atoms with Gasteiger partial charge in [0.25, 0.3) is 0 Å². The van der Waals surface area contributed by atoms with Crippen LogP contribution in [-0.2, 0) is 9.59 Å². The van der Waals surface area contributed by atoms with Crippen molar-refractivity contribution in [3.8, 4) is 0 Å². The molecule has 0 aliphatic carbocycles. The van der Waals surface area contributed by atoms with Crippen molar-refractivity contribution < 1.29 is 14.0 Å². The first-order chi connectivity index (χ1) is 13.2. The van der Waals surface area contributed by atoms with E-state index in [9.17, 15) is 14.0 Å². The molecule has 0 aromatic heterocycles. The van der Waals surface area contributed by atoms with Crippen LogP contribution >= 0.6 is 23.4 Å². The average Bonchev–Trinajstić information content (AvgIpc) is 2.89. The molecule has 5 nitrogen and oxygen atoms in total. The van der Waals surface area contributed by atoms with Crippen LogP contribution in [-0.4, -0.2) is 34.2 Å². The van der Waals surface area contributed by atoms with Gasteiger partial charge in [-0.05, 0) is 49.2 Å². The van der Waals surface area contributed by atoms with Crippen molar-refractivity contribution in [2.75, 3.05) is 12.4 Å². The minimum Gasteiger partial charge on any atom is -0.326 e. The fourth-order valence-electron chi connectivity index (χ4n) is 2.70. The van der Waals surface area contributed by atoms with Crippen LogP contribution in [0.5, 0.6) is 0 Å². The lowest BCUT2D eigenvalue weighted by molar-refractivity contribution is -0.127. The molecule has 0 saturated carbocycles. The van der Waals surface area contributed by atoms with Gasteiger partial charge in [-0.2, -0.15) is 0 Å². The van der Waals surface area contributed by atoms with Gasteiger partial charge in [0.2, 0.25) is 11.8 Å². The van der Waals surface area contributed by atoms with Crippen molar-refractivity contribution in [1.29, 1.82) is 0 Å². The zero-order chi connectivity index (χ0) is 20.4. The first kappa shape index (κ1) is 20.4. The molecule has 1 heterocycles. The molecule has 2 aromatic carbocycles. The van der Waals surface area contributed by atoms with Gasteiger partial charge in [0, 0.05) is 19.2 Å². The van der Waals surface area contributed by atoms with E-state index in [0.29, 0.717) is 10.9 Å². The fraction of sp³-hybridized carbons (Fsp3) is 0.250. The Bertz CT molecular complexity index is 980. The Morgan fingerprint density at radius 2 is 2.04 bits per heavy atom. The normalized spacial score (nSPS) is 18.0. The van der Waals surface area contributed by atoms with Gasteiger partial charge in [0.05, 0.1) is 10.7 Å². The van der Waals surface area contributed by atoms with E-state index in [1.54, 1.807) is 7.05 Å². The Balaban J connectivity index is 1.70. The Hall–Kier alpha value is -2.38. The predicted octanol–water partition coefficient (Wildman–Crippen LogP) is 4.69. The van der Waals surface area contributed by atoms with E-state index < -0.39 is 11.1 Å². The number of anilines is 1. The van der Waals surface area contributed by atoms with Gasteiger partial charge in [0.15, 0.2) is 5.17 Å². The minimum absolute atomic E-state index is 0.0322. The summed E-state index contributed by atoms with van der Waals surface area (Å²) < 4.78 is 13.3. The highest BCUT2D eigenvalue weighted by atomic mass is 35.5. The molecule has 1 aliphatic heterocycles. The van der Waals surface area contributed by atoms with E-state index >= 15 is 0 Å². The van der Waals surface area contributed by atoms with E-state index in [1.807, 2.05) is 32.0 Å². The zero-order valence-corrected chi connectivity index (χ0v) is 17.2.